The van der Waals surface area contributed by atoms with Gasteiger partial charge in [0.1, 0.15) is 24.9 Å². The Kier molecular flexibility index (Phi) is 17.1. The van der Waals surface area contributed by atoms with Crippen LogP contribution in [0, 0.1) is 0 Å². The van der Waals surface area contributed by atoms with Crippen LogP contribution in [0.5, 0.6) is 0 Å². The summed E-state index contributed by atoms with van der Waals surface area (Å²) >= 11 is 0. The van der Waals surface area contributed by atoms with Gasteiger partial charge in [0.15, 0.2) is 5.96 Å². The van der Waals surface area contributed by atoms with Crippen molar-refractivity contribution < 1.29 is 62.2 Å². The molecule has 236 valence electrons. The highest BCUT2D eigenvalue weighted by molar-refractivity contribution is 5.85. The molecule has 14 nitrogen and oxygen atoms in total. The highest BCUT2D eigenvalue weighted by Crippen LogP contribution is 2.25. The Morgan fingerprint density at radius 1 is 1.07 bits per heavy atom. The van der Waals surface area contributed by atoms with Gasteiger partial charge in [-0.3, -0.25) is 9.59 Å². The van der Waals surface area contributed by atoms with Crippen molar-refractivity contribution in [2.45, 2.75) is 102 Å². The number of hydrogen-bond acceptors (Lipinski definition) is 9. The van der Waals surface area contributed by atoms with Crippen LogP contribution in [0.4, 0.5) is 13.2 Å². The number of hydrogen-bond donors (Lipinski definition) is 7. The zero-order valence-electron chi connectivity index (χ0n) is 22.8. The molecule has 41 heavy (non-hydrogen) atoms. The number of rotatable bonds is 15. The van der Waals surface area contributed by atoms with E-state index in [2.05, 4.69) is 17.2 Å². The van der Waals surface area contributed by atoms with Gasteiger partial charge in [0.25, 0.3) is 0 Å². The number of nitrogens with zero attached hydrogens (tertiary/aromatic N) is 1. The first-order valence-electron chi connectivity index (χ1n) is 12.8. The molecule has 0 bridgehead atoms. The molecule has 1 aliphatic heterocycles. The molecule has 0 aromatic heterocycles. The van der Waals surface area contributed by atoms with Gasteiger partial charge in [-0.1, -0.05) is 45.4 Å². The van der Waals surface area contributed by atoms with Crippen LogP contribution in [0.1, 0.15) is 65.2 Å². The molecule has 0 fully saturated rings. The molecule has 0 spiro atoms. The molecule has 1 rings (SSSR count). The van der Waals surface area contributed by atoms with E-state index in [1.807, 2.05) is 0 Å². The van der Waals surface area contributed by atoms with Gasteiger partial charge in [-0.15, -0.1) is 0 Å². The number of aliphatic hydroxyl groups excluding tert-OH is 2. The summed E-state index contributed by atoms with van der Waals surface area (Å²) in [6.07, 6.45) is -1.34. The number of carbonyl (C=O) groups is 4. The van der Waals surface area contributed by atoms with E-state index >= 15 is 0 Å². The van der Waals surface area contributed by atoms with Crippen LogP contribution < -0.4 is 16.8 Å². The minimum absolute atomic E-state index is 0.184. The molecule has 0 radical (unpaired) electrons. The van der Waals surface area contributed by atoms with Crippen LogP contribution in [0.2, 0.25) is 0 Å². The van der Waals surface area contributed by atoms with Gasteiger partial charge in [0, 0.05) is 13.3 Å². The number of ether oxygens (including phenoxy) is 2. The summed E-state index contributed by atoms with van der Waals surface area (Å²) < 4.78 is 42.1. The molecule has 1 heterocycles. The number of alkyl halides is 3. The fourth-order valence-corrected chi connectivity index (χ4v) is 3.60. The number of carbonyl (C=O) groups excluding carboxylic acids is 2. The maximum atomic E-state index is 12.0. The first kappa shape index (κ1) is 37.4. The summed E-state index contributed by atoms with van der Waals surface area (Å²) in [5, 5.41) is 40.0. The van der Waals surface area contributed by atoms with Crippen molar-refractivity contribution in [3.05, 3.63) is 11.8 Å². The van der Waals surface area contributed by atoms with Gasteiger partial charge < -0.3 is 46.7 Å². The number of nitrogens with one attached hydrogen (secondary N) is 1. The molecule has 17 heteroatoms. The van der Waals surface area contributed by atoms with E-state index in [1.165, 1.54) is 26.2 Å². The number of amides is 1. The lowest BCUT2D eigenvalue weighted by Gasteiger charge is -2.38. The van der Waals surface area contributed by atoms with Gasteiger partial charge in [-0.25, -0.2) is 14.6 Å². The van der Waals surface area contributed by atoms with Crippen molar-refractivity contribution in [1.29, 1.82) is 0 Å². The van der Waals surface area contributed by atoms with Crippen molar-refractivity contribution in [2.75, 3.05) is 6.61 Å². The second-order valence-electron chi connectivity index (χ2n) is 9.10. The Bertz CT molecular complexity index is 926. The lowest BCUT2D eigenvalue weighted by molar-refractivity contribution is -0.192. The predicted octanol–water partition coefficient (Wildman–Crippen LogP) is 0.539. The highest BCUT2D eigenvalue weighted by Gasteiger charge is 2.44. The van der Waals surface area contributed by atoms with E-state index in [-0.39, 0.29) is 12.4 Å². The first-order valence-corrected chi connectivity index (χ1v) is 12.8. The Morgan fingerprint density at radius 2 is 1.61 bits per heavy atom. The lowest BCUT2D eigenvalue weighted by Crippen LogP contribution is -2.60. The fraction of sp³-hybridized carbons (Fsp3) is 0.708. The number of carboxylic acids is 2. The molecule has 1 amide bonds. The van der Waals surface area contributed by atoms with Crippen LogP contribution >= 0.6 is 0 Å². The Balaban J connectivity index is 0.00000201. The van der Waals surface area contributed by atoms with Crippen LogP contribution in [-0.4, -0.2) is 93.4 Å². The van der Waals surface area contributed by atoms with E-state index in [9.17, 15) is 42.9 Å². The topological polar surface area (TPSA) is 244 Å². The van der Waals surface area contributed by atoms with Gasteiger partial charge in [0.2, 0.25) is 11.7 Å². The highest BCUT2D eigenvalue weighted by atomic mass is 19.4. The predicted molar refractivity (Wildman–Crippen MR) is 137 cm³/mol. The zero-order chi connectivity index (χ0) is 31.8. The molecule has 0 saturated heterocycles. The Labute approximate surface area is 234 Å². The third kappa shape index (κ3) is 15.7. The molecular weight excluding hydrogens is 561 g/mol. The van der Waals surface area contributed by atoms with Gasteiger partial charge in [-0.2, -0.15) is 13.2 Å². The van der Waals surface area contributed by atoms with Crippen molar-refractivity contribution in [3.8, 4) is 0 Å². The molecule has 9 N–H and O–H groups in total. The number of carboxylic acid groups (broad SMARTS) is 2. The summed E-state index contributed by atoms with van der Waals surface area (Å²) in [6.45, 7) is 2.81. The summed E-state index contributed by atoms with van der Waals surface area (Å²) in [5.74, 6) is -6.20. The van der Waals surface area contributed by atoms with Gasteiger partial charge >= 0.3 is 24.1 Å². The maximum Gasteiger partial charge on any atom is 0.490 e. The molecule has 1 aliphatic rings. The zero-order valence-corrected chi connectivity index (χ0v) is 22.8. The first-order chi connectivity index (χ1) is 19.0. The van der Waals surface area contributed by atoms with E-state index < -0.39 is 72.8 Å². The van der Waals surface area contributed by atoms with Gasteiger partial charge in [-0.05, 0) is 12.5 Å². The van der Waals surface area contributed by atoms with E-state index in [1.54, 1.807) is 0 Å². The van der Waals surface area contributed by atoms with Crippen LogP contribution in [0.25, 0.3) is 0 Å². The van der Waals surface area contributed by atoms with Crippen molar-refractivity contribution in [2.24, 2.45) is 16.5 Å². The van der Waals surface area contributed by atoms with E-state index in [4.69, 9.17) is 30.8 Å². The standard InChI is InChI=1S/C22H38N4O8.C2HF3O2/c1-3-4-5-6-7-8-9-10-17(29)33-12-15(28)19(30)20-18(25-13(2)27)14(26-22(23)24)11-16(34-20)21(31)32;3-2(4,5)1(6)7/h11,14-15,18-20,28,30H,3-10,12H2,1-2H3,(H,25,27)(H,31,32)(H4,23,24,26);(H,6,7)/t14?,15?,18?,19?,20-;/m1./s1. The summed E-state index contributed by atoms with van der Waals surface area (Å²) in [5.41, 5.74) is 10.8. The minimum Gasteiger partial charge on any atom is -0.478 e. The molecule has 0 aromatic rings. The number of esters is 1. The second kappa shape index (κ2) is 18.7. The maximum absolute atomic E-state index is 12.0. The third-order valence-corrected chi connectivity index (χ3v) is 5.56. The normalized spacial score (nSPS) is 19.7. The van der Waals surface area contributed by atoms with Crippen molar-refractivity contribution >= 4 is 29.8 Å². The SMILES string of the molecule is CCCCCCCCCC(=O)OCC(O)C(O)[C@@H]1OC(C(=O)O)=CC(N=C(N)N)C1NC(C)=O.O=C(O)C(F)(F)F. The largest absolute Gasteiger partial charge is 0.490 e. The van der Waals surface area contributed by atoms with Crippen molar-refractivity contribution in [3.63, 3.8) is 0 Å². The van der Waals surface area contributed by atoms with Crippen LogP contribution in [-0.2, 0) is 28.7 Å². The lowest BCUT2D eigenvalue weighted by atomic mass is 9.92. The molecule has 0 saturated carbocycles. The van der Waals surface area contributed by atoms with Crippen LogP contribution in [0.15, 0.2) is 16.8 Å². The number of aliphatic imine (C=N–C) groups is 1. The molecular formula is C24H39F3N4O10. The average Bonchev–Trinajstić information content (AvgIpc) is 2.86. The summed E-state index contributed by atoms with van der Waals surface area (Å²) in [6, 6.07) is -2.18. The number of aliphatic carboxylic acids is 2. The van der Waals surface area contributed by atoms with E-state index in [0.717, 1.165) is 25.3 Å². The number of aliphatic hydroxyl groups is 2. The fourth-order valence-electron chi connectivity index (χ4n) is 3.60. The molecule has 4 unspecified atom stereocenters. The average molecular weight is 601 g/mol. The molecule has 0 aliphatic carbocycles. The van der Waals surface area contributed by atoms with Crippen LogP contribution in [0.3, 0.4) is 0 Å². The molecule has 0 aromatic carbocycles. The Morgan fingerprint density at radius 3 is 2.07 bits per heavy atom. The number of guanidine groups is 1. The smallest absolute Gasteiger partial charge is 0.478 e. The summed E-state index contributed by atoms with van der Waals surface area (Å²) in [4.78, 5) is 47.9. The minimum atomic E-state index is -5.08. The quantitative estimate of drug-likeness (QED) is 0.0589. The Hall–Kier alpha value is -3.60. The monoisotopic (exact) mass is 600 g/mol. The summed E-state index contributed by atoms with van der Waals surface area (Å²) in [7, 11) is 0. The molecule has 5 atom stereocenters. The van der Waals surface area contributed by atoms with Gasteiger partial charge in [0.05, 0.1) is 12.1 Å². The third-order valence-electron chi connectivity index (χ3n) is 5.56. The number of nitrogens with two attached hydrogens (primary N) is 2. The van der Waals surface area contributed by atoms with E-state index in [0.29, 0.717) is 6.42 Å². The van der Waals surface area contributed by atoms with Crippen molar-refractivity contribution in [1.82, 2.24) is 5.32 Å². The number of halogens is 3. The number of unbranched alkanes of at least 4 members (excludes halogenated alkanes) is 6. The second-order valence-corrected chi connectivity index (χ2v) is 9.10.